The van der Waals surface area contributed by atoms with E-state index >= 15 is 0 Å². The van der Waals surface area contributed by atoms with Crippen molar-refractivity contribution in [3.63, 3.8) is 0 Å². The molecule has 92 valence electrons. The van der Waals surface area contributed by atoms with Gasteiger partial charge in [-0.1, -0.05) is 19.3 Å². The second-order valence-corrected chi connectivity index (χ2v) is 4.27. The summed E-state index contributed by atoms with van der Waals surface area (Å²) in [5, 5.41) is 11.1. The summed E-state index contributed by atoms with van der Waals surface area (Å²) in [5.74, 6) is 0.270. The lowest BCUT2D eigenvalue weighted by Crippen LogP contribution is -2.23. The minimum absolute atomic E-state index is 0.238. The highest BCUT2D eigenvalue weighted by Crippen LogP contribution is 2.20. The number of esters is 1. The minimum atomic E-state index is -0.457. The molecule has 2 rings (SSSR count). The first-order valence-corrected chi connectivity index (χ1v) is 5.98. The molecule has 1 heterocycles. The molecule has 17 heavy (non-hydrogen) atoms. The Balaban J connectivity index is 1.95. The molecule has 1 saturated carbocycles. The number of rotatable bonds is 3. The Morgan fingerprint density at radius 2 is 2.06 bits per heavy atom. The van der Waals surface area contributed by atoms with E-state index in [1.165, 1.54) is 39.2 Å². The predicted molar refractivity (Wildman–Crippen MR) is 63.9 cm³/mol. The van der Waals surface area contributed by atoms with Crippen LogP contribution in [0, 0.1) is 0 Å². The number of anilines is 1. The van der Waals surface area contributed by atoms with Gasteiger partial charge in [0.05, 0.1) is 7.11 Å². The van der Waals surface area contributed by atoms with E-state index in [9.17, 15) is 4.79 Å². The third-order valence-corrected chi connectivity index (χ3v) is 3.02. The molecule has 1 N–H and O–H groups in total. The largest absolute Gasteiger partial charge is 0.464 e. The fourth-order valence-electron chi connectivity index (χ4n) is 2.08. The van der Waals surface area contributed by atoms with E-state index in [1.54, 1.807) is 12.1 Å². The molecule has 1 aromatic rings. The van der Waals surface area contributed by atoms with Gasteiger partial charge in [0.1, 0.15) is 5.82 Å². The minimum Gasteiger partial charge on any atom is -0.464 e. The number of methoxy groups -OCH3 is 1. The van der Waals surface area contributed by atoms with E-state index in [4.69, 9.17) is 0 Å². The molecule has 0 atom stereocenters. The van der Waals surface area contributed by atoms with Crippen LogP contribution in [0.3, 0.4) is 0 Å². The standard InChI is InChI=1S/C12H17N3O2/c1-17-12(16)10-7-8-11(15-14-10)13-9-5-3-2-4-6-9/h7-9H,2-6H2,1H3,(H,13,15). The molecule has 0 amide bonds. The predicted octanol–water partition coefficient (Wildman–Crippen LogP) is 2.01. The van der Waals surface area contributed by atoms with Gasteiger partial charge >= 0.3 is 5.97 Å². The van der Waals surface area contributed by atoms with Crippen LogP contribution in [0.2, 0.25) is 0 Å². The number of ether oxygens (including phenoxy) is 1. The van der Waals surface area contributed by atoms with E-state index in [-0.39, 0.29) is 5.69 Å². The third-order valence-electron chi connectivity index (χ3n) is 3.02. The maximum absolute atomic E-state index is 11.2. The van der Waals surface area contributed by atoms with Crippen molar-refractivity contribution < 1.29 is 9.53 Å². The summed E-state index contributed by atoms with van der Waals surface area (Å²) in [6, 6.07) is 3.89. The summed E-state index contributed by atoms with van der Waals surface area (Å²) in [5.41, 5.74) is 0.238. The second kappa shape index (κ2) is 5.61. The van der Waals surface area contributed by atoms with E-state index < -0.39 is 5.97 Å². The van der Waals surface area contributed by atoms with Crippen molar-refractivity contribution in [2.75, 3.05) is 12.4 Å². The molecule has 0 saturated heterocycles. The molecule has 1 fully saturated rings. The normalized spacial score (nSPS) is 16.5. The molecule has 1 aliphatic carbocycles. The van der Waals surface area contributed by atoms with Crippen LogP contribution in [-0.2, 0) is 4.74 Å². The first-order valence-electron chi connectivity index (χ1n) is 5.98. The van der Waals surface area contributed by atoms with Crippen LogP contribution in [0.1, 0.15) is 42.6 Å². The molecule has 5 nitrogen and oxygen atoms in total. The van der Waals surface area contributed by atoms with Crippen LogP contribution >= 0.6 is 0 Å². The lowest BCUT2D eigenvalue weighted by atomic mass is 9.95. The van der Waals surface area contributed by atoms with Crippen LogP contribution in [-0.4, -0.2) is 29.3 Å². The SMILES string of the molecule is COC(=O)c1ccc(NC2CCCCC2)nn1. The van der Waals surface area contributed by atoms with Gasteiger partial charge in [-0.15, -0.1) is 10.2 Å². The molecule has 0 spiro atoms. The molecular formula is C12H17N3O2. The number of hydrogen-bond donors (Lipinski definition) is 1. The van der Waals surface area contributed by atoms with Gasteiger partial charge in [0, 0.05) is 6.04 Å². The monoisotopic (exact) mass is 235 g/mol. The summed E-state index contributed by atoms with van der Waals surface area (Å²) in [6.07, 6.45) is 6.22. The Labute approximate surface area is 101 Å². The number of carbonyl (C=O) groups is 1. The van der Waals surface area contributed by atoms with Crippen molar-refractivity contribution in [1.29, 1.82) is 0 Å². The molecule has 0 radical (unpaired) electrons. The van der Waals surface area contributed by atoms with E-state index in [0.717, 1.165) is 5.82 Å². The Morgan fingerprint density at radius 3 is 2.65 bits per heavy atom. The Kier molecular flexibility index (Phi) is 3.90. The molecule has 0 aromatic carbocycles. The smallest absolute Gasteiger partial charge is 0.358 e. The van der Waals surface area contributed by atoms with Crippen molar-refractivity contribution in [1.82, 2.24) is 10.2 Å². The molecule has 0 bridgehead atoms. The van der Waals surface area contributed by atoms with Gasteiger partial charge in [0.2, 0.25) is 0 Å². The van der Waals surface area contributed by atoms with Gasteiger partial charge in [-0.3, -0.25) is 0 Å². The van der Waals surface area contributed by atoms with Crippen molar-refractivity contribution in [3.8, 4) is 0 Å². The van der Waals surface area contributed by atoms with Crippen molar-refractivity contribution in [3.05, 3.63) is 17.8 Å². The average Bonchev–Trinajstić information content (AvgIpc) is 2.40. The van der Waals surface area contributed by atoms with Crippen molar-refractivity contribution in [2.24, 2.45) is 0 Å². The average molecular weight is 235 g/mol. The van der Waals surface area contributed by atoms with Crippen LogP contribution in [0.5, 0.6) is 0 Å². The first-order chi connectivity index (χ1) is 8.29. The van der Waals surface area contributed by atoms with Gasteiger partial charge in [0.25, 0.3) is 0 Å². The summed E-state index contributed by atoms with van der Waals surface area (Å²) in [6.45, 7) is 0. The van der Waals surface area contributed by atoms with E-state index in [2.05, 4.69) is 20.3 Å². The molecule has 1 aromatic heterocycles. The highest BCUT2D eigenvalue weighted by Gasteiger charge is 2.14. The second-order valence-electron chi connectivity index (χ2n) is 4.27. The van der Waals surface area contributed by atoms with Gasteiger partial charge in [-0.05, 0) is 25.0 Å². The van der Waals surface area contributed by atoms with Crippen LogP contribution in [0.15, 0.2) is 12.1 Å². The fraction of sp³-hybridized carbons (Fsp3) is 0.583. The van der Waals surface area contributed by atoms with Crippen molar-refractivity contribution in [2.45, 2.75) is 38.1 Å². The molecule has 0 unspecified atom stereocenters. The number of nitrogens with zero attached hydrogens (tertiary/aromatic N) is 2. The Bertz CT molecular complexity index is 372. The number of nitrogens with one attached hydrogen (secondary N) is 1. The maximum atomic E-state index is 11.2. The van der Waals surface area contributed by atoms with Crippen LogP contribution in [0.4, 0.5) is 5.82 Å². The quantitative estimate of drug-likeness (QED) is 0.812. The lowest BCUT2D eigenvalue weighted by Gasteiger charge is -2.22. The summed E-state index contributed by atoms with van der Waals surface area (Å²) in [4.78, 5) is 11.2. The third kappa shape index (κ3) is 3.15. The van der Waals surface area contributed by atoms with Gasteiger partial charge in [0.15, 0.2) is 5.69 Å². The molecule has 5 heteroatoms. The van der Waals surface area contributed by atoms with Gasteiger partial charge in [-0.25, -0.2) is 4.79 Å². The summed E-state index contributed by atoms with van der Waals surface area (Å²) in [7, 11) is 1.33. The van der Waals surface area contributed by atoms with Crippen LogP contribution in [0.25, 0.3) is 0 Å². The number of hydrogen-bond acceptors (Lipinski definition) is 5. The summed E-state index contributed by atoms with van der Waals surface area (Å²) >= 11 is 0. The van der Waals surface area contributed by atoms with Crippen LogP contribution < -0.4 is 5.32 Å². The zero-order valence-electron chi connectivity index (χ0n) is 9.98. The zero-order valence-corrected chi connectivity index (χ0v) is 9.98. The van der Waals surface area contributed by atoms with Crippen molar-refractivity contribution >= 4 is 11.8 Å². The van der Waals surface area contributed by atoms with Gasteiger partial charge < -0.3 is 10.1 Å². The zero-order chi connectivity index (χ0) is 12.1. The summed E-state index contributed by atoms with van der Waals surface area (Å²) < 4.78 is 4.56. The highest BCUT2D eigenvalue weighted by molar-refractivity contribution is 5.86. The molecule has 0 aliphatic heterocycles. The highest BCUT2D eigenvalue weighted by atomic mass is 16.5. The Hall–Kier alpha value is -1.65. The van der Waals surface area contributed by atoms with E-state index in [1.807, 2.05) is 0 Å². The van der Waals surface area contributed by atoms with E-state index in [0.29, 0.717) is 6.04 Å². The first kappa shape index (κ1) is 11.8. The lowest BCUT2D eigenvalue weighted by molar-refractivity contribution is 0.0593. The molecular weight excluding hydrogens is 218 g/mol. The molecule has 1 aliphatic rings. The number of aromatic nitrogens is 2. The van der Waals surface area contributed by atoms with Gasteiger partial charge in [-0.2, -0.15) is 0 Å². The topological polar surface area (TPSA) is 64.1 Å². The fourth-order valence-corrected chi connectivity index (χ4v) is 2.08. The maximum Gasteiger partial charge on any atom is 0.358 e. The number of carbonyl (C=O) groups excluding carboxylic acids is 1. The Morgan fingerprint density at radius 1 is 1.29 bits per heavy atom.